The summed E-state index contributed by atoms with van der Waals surface area (Å²) in [6, 6.07) is -1.21. The highest BCUT2D eigenvalue weighted by Crippen LogP contribution is 2.25. The van der Waals surface area contributed by atoms with Crippen LogP contribution in [0.2, 0.25) is 0 Å². The van der Waals surface area contributed by atoms with E-state index in [1.54, 1.807) is 0 Å². The van der Waals surface area contributed by atoms with Crippen molar-refractivity contribution in [2.75, 3.05) is 0 Å². The fourth-order valence-electron chi connectivity index (χ4n) is 2.48. The van der Waals surface area contributed by atoms with E-state index < -0.39 is 17.9 Å². The van der Waals surface area contributed by atoms with E-state index in [9.17, 15) is 14.4 Å². The molecule has 0 heterocycles. The number of hydrogen-bond acceptors (Lipinski definition) is 3. The van der Waals surface area contributed by atoms with Crippen LogP contribution < -0.4 is 11.1 Å². The number of hydrogen-bond donors (Lipinski definition) is 3. The summed E-state index contributed by atoms with van der Waals surface area (Å²) in [6.07, 6.45) is 6.66. The number of nitrogens with two attached hydrogens (primary N) is 1. The Morgan fingerprint density at radius 1 is 1.16 bits per heavy atom. The van der Waals surface area contributed by atoms with E-state index >= 15 is 0 Å². The van der Waals surface area contributed by atoms with E-state index in [1.165, 1.54) is 12.8 Å². The SMILES string of the molecule is NC(=O)C[C@@H](NC(=O)CC1CCCCCC1)C(=O)O. The van der Waals surface area contributed by atoms with Crippen molar-refractivity contribution < 1.29 is 19.5 Å². The zero-order chi connectivity index (χ0) is 14.3. The van der Waals surface area contributed by atoms with Gasteiger partial charge < -0.3 is 16.2 Å². The van der Waals surface area contributed by atoms with Crippen LogP contribution in [0.3, 0.4) is 0 Å². The van der Waals surface area contributed by atoms with Gasteiger partial charge in [0.1, 0.15) is 6.04 Å². The lowest BCUT2D eigenvalue weighted by atomic mass is 9.96. The van der Waals surface area contributed by atoms with Gasteiger partial charge in [0.15, 0.2) is 0 Å². The molecular formula is C13H22N2O4. The normalized spacial score (nSPS) is 18.3. The molecule has 19 heavy (non-hydrogen) atoms. The largest absolute Gasteiger partial charge is 0.480 e. The first kappa shape index (κ1) is 15.5. The zero-order valence-corrected chi connectivity index (χ0v) is 11.1. The molecule has 0 spiro atoms. The fourth-order valence-corrected chi connectivity index (χ4v) is 2.48. The highest BCUT2D eigenvalue weighted by atomic mass is 16.4. The minimum absolute atomic E-state index is 0.305. The molecule has 0 unspecified atom stereocenters. The maximum absolute atomic E-state index is 11.8. The van der Waals surface area contributed by atoms with Gasteiger partial charge in [-0.15, -0.1) is 0 Å². The first-order valence-corrected chi connectivity index (χ1v) is 6.79. The molecule has 0 bridgehead atoms. The summed E-state index contributed by atoms with van der Waals surface area (Å²) < 4.78 is 0. The number of amides is 2. The number of aliphatic carboxylic acids is 1. The van der Waals surface area contributed by atoms with Crippen molar-refractivity contribution >= 4 is 17.8 Å². The lowest BCUT2D eigenvalue weighted by molar-refractivity contribution is -0.143. The number of carbonyl (C=O) groups excluding carboxylic acids is 2. The van der Waals surface area contributed by atoms with Crippen molar-refractivity contribution in [3.8, 4) is 0 Å². The smallest absolute Gasteiger partial charge is 0.326 e. The van der Waals surface area contributed by atoms with Crippen LogP contribution in [-0.2, 0) is 14.4 Å². The summed E-state index contributed by atoms with van der Waals surface area (Å²) in [4.78, 5) is 33.4. The number of carboxylic acid groups (broad SMARTS) is 1. The molecule has 1 aliphatic rings. The Balaban J connectivity index is 2.42. The maximum Gasteiger partial charge on any atom is 0.326 e. The van der Waals surface area contributed by atoms with Crippen LogP contribution in [-0.4, -0.2) is 28.9 Å². The monoisotopic (exact) mass is 270 g/mol. The third-order valence-corrected chi connectivity index (χ3v) is 3.49. The van der Waals surface area contributed by atoms with Crippen molar-refractivity contribution in [2.45, 2.75) is 57.4 Å². The molecular weight excluding hydrogens is 248 g/mol. The van der Waals surface area contributed by atoms with Gasteiger partial charge in [-0.1, -0.05) is 25.7 Å². The summed E-state index contributed by atoms with van der Waals surface area (Å²) in [5.41, 5.74) is 4.96. The molecule has 6 heteroatoms. The van der Waals surface area contributed by atoms with E-state index in [4.69, 9.17) is 10.8 Å². The van der Waals surface area contributed by atoms with Crippen LogP contribution in [0.15, 0.2) is 0 Å². The second-order valence-electron chi connectivity index (χ2n) is 5.19. The van der Waals surface area contributed by atoms with Gasteiger partial charge in [-0.05, 0) is 18.8 Å². The standard InChI is InChI=1S/C13H22N2O4/c14-11(16)8-10(13(18)19)15-12(17)7-9-5-3-1-2-4-6-9/h9-10H,1-8H2,(H2,14,16)(H,15,17)(H,18,19)/t10-/m1/s1. The minimum atomic E-state index is -1.23. The summed E-state index contributed by atoms with van der Waals surface area (Å²) in [6.45, 7) is 0. The van der Waals surface area contributed by atoms with Crippen LogP contribution in [0, 0.1) is 5.92 Å². The Kier molecular flexibility index (Phi) is 6.32. The average Bonchev–Trinajstić information content (AvgIpc) is 2.56. The molecule has 1 saturated carbocycles. The Bertz CT molecular complexity index is 336. The molecule has 6 nitrogen and oxygen atoms in total. The molecule has 108 valence electrons. The Morgan fingerprint density at radius 2 is 1.74 bits per heavy atom. The van der Waals surface area contributed by atoms with Crippen molar-refractivity contribution in [3.63, 3.8) is 0 Å². The van der Waals surface area contributed by atoms with Crippen molar-refractivity contribution in [2.24, 2.45) is 11.7 Å². The average molecular weight is 270 g/mol. The van der Waals surface area contributed by atoms with Gasteiger partial charge in [-0.2, -0.15) is 0 Å². The van der Waals surface area contributed by atoms with E-state index in [0.717, 1.165) is 25.7 Å². The van der Waals surface area contributed by atoms with Crippen LogP contribution in [0.1, 0.15) is 51.4 Å². The number of nitrogens with one attached hydrogen (secondary N) is 1. The van der Waals surface area contributed by atoms with Gasteiger partial charge in [0, 0.05) is 6.42 Å². The Morgan fingerprint density at radius 3 is 2.21 bits per heavy atom. The number of carbonyl (C=O) groups is 3. The summed E-state index contributed by atoms with van der Waals surface area (Å²) in [5, 5.41) is 11.3. The van der Waals surface area contributed by atoms with E-state index in [1.807, 2.05) is 0 Å². The lowest BCUT2D eigenvalue weighted by Gasteiger charge is -2.16. The summed E-state index contributed by atoms with van der Waals surface area (Å²) in [5.74, 6) is -1.94. The van der Waals surface area contributed by atoms with Gasteiger partial charge in [-0.25, -0.2) is 4.79 Å². The van der Waals surface area contributed by atoms with Gasteiger partial charge in [-0.3, -0.25) is 9.59 Å². The third-order valence-electron chi connectivity index (χ3n) is 3.49. The fraction of sp³-hybridized carbons (Fsp3) is 0.769. The van der Waals surface area contributed by atoms with Crippen LogP contribution >= 0.6 is 0 Å². The highest BCUT2D eigenvalue weighted by Gasteiger charge is 2.23. The van der Waals surface area contributed by atoms with Crippen LogP contribution in [0.5, 0.6) is 0 Å². The third kappa shape index (κ3) is 6.22. The molecule has 0 aromatic carbocycles. The lowest BCUT2D eigenvalue weighted by Crippen LogP contribution is -2.43. The Labute approximate surface area is 112 Å². The van der Waals surface area contributed by atoms with Gasteiger partial charge in [0.05, 0.1) is 6.42 Å². The summed E-state index contributed by atoms with van der Waals surface area (Å²) in [7, 11) is 0. The van der Waals surface area contributed by atoms with Crippen molar-refractivity contribution in [1.82, 2.24) is 5.32 Å². The van der Waals surface area contributed by atoms with E-state index in [2.05, 4.69) is 5.32 Å². The second kappa shape index (κ2) is 7.76. The molecule has 0 aliphatic heterocycles. The predicted octanol–water partition coefficient (Wildman–Crippen LogP) is 0.792. The predicted molar refractivity (Wildman–Crippen MR) is 69.2 cm³/mol. The molecule has 0 aromatic heterocycles. The quantitative estimate of drug-likeness (QED) is 0.620. The number of rotatable bonds is 6. The topological polar surface area (TPSA) is 109 Å². The first-order chi connectivity index (χ1) is 8.99. The molecule has 4 N–H and O–H groups in total. The molecule has 1 rings (SSSR count). The molecule has 0 aromatic rings. The van der Waals surface area contributed by atoms with Crippen LogP contribution in [0.4, 0.5) is 0 Å². The van der Waals surface area contributed by atoms with Gasteiger partial charge in [0.25, 0.3) is 0 Å². The van der Waals surface area contributed by atoms with E-state index in [0.29, 0.717) is 12.3 Å². The summed E-state index contributed by atoms with van der Waals surface area (Å²) >= 11 is 0. The van der Waals surface area contributed by atoms with Crippen molar-refractivity contribution in [3.05, 3.63) is 0 Å². The van der Waals surface area contributed by atoms with Gasteiger partial charge >= 0.3 is 5.97 Å². The molecule has 1 aliphatic carbocycles. The highest BCUT2D eigenvalue weighted by molar-refractivity contribution is 5.88. The van der Waals surface area contributed by atoms with Crippen LogP contribution in [0.25, 0.3) is 0 Å². The molecule has 2 amide bonds. The molecule has 0 radical (unpaired) electrons. The number of carboxylic acids is 1. The second-order valence-corrected chi connectivity index (χ2v) is 5.19. The van der Waals surface area contributed by atoms with Gasteiger partial charge in [0.2, 0.25) is 11.8 Å². The molecule has 1 fully saturated rings. The first-order valence-electron chi connectivity index (χ1n) is 6.79. The zero-order valence-electron chi connectivity index (χ0n) is 11.1. The number of primary amides is 1. The molecule has 0 saturated heterocycles. The Hall–Kier alpha value is -1.59. The van der Waals surface area contributed by atoms with Crippen molar-refractivity contribution in [1.29, 1.82) is 0 Å². The molecule has 1 atom stereocenters. The minimum Gasteiger partial charge on any atom is -0.480 e. The van der Waals surface area contributed by atoms with E-state index in [-0.39, 0.29) is 12.3 Å². The maximum atomic E-state index is 11.8.